The van der Waals surface area contributed by atoms with Crippen molar-refractivity contribution < 1.29 is 19.5 Å². The Balaban J connectivity index is 1.87. The molecule has 0 aromatic rings. The summed E-state index contributed by atoms with van der Waals surface area (Å²) in [5.41, 5.74) is -0.559. The molecule has 2 fully saturated rings. The highest BCUT2D eigenvalue weighted by molar-refractivity contribution is 5.81. The molecule has 0 aliphatic carbocycles. The van der Waals surface area contributed by atoms with Crippen LogP contribution < -0.4 is 5.32 Å². The number of piperidine rings is 1. The second-order valence-corrected chi connectivity index (χ2v) is 7.53. The molecule has 2 aliphatic rings. The molecule has 2 aliphatic heterocycles. The highest BCUT2D eigenvalue weighted by atomic mass is 16.4. The second kappa shape index (κ2) is 7.85. The number of carboxylic acid groups (broad SMARTS) is 1. The average Bonchev–Trinajstić information content (AvgIpc) is 3.06. The topological polar surface area (TPSA) is 90.0 Å². The molecule has 0 bridgehead atoms. The summed E-state index contributed by atoms with van der Waals surface area (Å²) in [6, 6.07) is 0.0511. The van der Waals surface area contributed by atoms with Crippen molar-refractivity contribution in [3.05, 3.63) is 0 Å². The van der Waals surface area contributed by atoms with Crippen LogP contribution in [0.4, 0.5) is 4.79 Å². The van der Waals surface area contributed by atoms with E-state index in [4.69, 9.17) is 5.11 Å². The number of rotatable bonds is 5. The van der Waals surface area contributed by atoms with Crippen LogP contribution in [0.1, 0.15) is 52.4 Å². The third-order valence-corrected chi connectivity index (χ3v) is 4.86. The molecular weight excluding hydrogens is 310 g/mol. The van der Waals surface area contributed by atoms with Crippen molar-refractivity contribution in [1.82, 2.24) is 15.1 Å². The zero-order valence-electron chi connectivity index (χ0n) is 14.7. The van der Waals surface area contributed by atoms with Gasteiger partial charge in [0.2, 0.25) is 5.91 Å². The van der Waals surface area contributed by atoms with Crippen LogP contribution in [0.25, 0.3) is 0 Å². The Labute approximate surface area is 143 Å². The van der Waals surface area contributed by atoms with E-state index in [2.05, 4.69) is 5.32 Å². The Hall–Kier alpha value is -1.79. The molecule has 2 saturated heterocycles. The first kappa shape index (κ1) is 18.5. The van der Waals surface area contributed by atoms with Gasteiger partial charge in [-0.3, -0.25) is 9.59 Å². The normalized spacial score (nSPS) is 21.7. The zero-order chi connectivity index (χ0) is 17.7. The summed E-state index contributed by atoms with van der Waals surface area (Å²) < 4.78 is 0. The first-order valence-electron chi connectivity index (χ1n) is 8.86. The number of hydrogen-bond donors (Lipinski definition) is 2. The minimum absolute atomic E-state index is 0.0253. The van der Waals surface area contributed by atoms with Crippen LogP contribution in [0.2, 0.25) is 0 Å². The fraction of sp³-hybridized carbons (Fsp3) is 0.824. The fourth-order valence-corrected chi connectivity index (χ4v) is 3.39. The van der Waals surface area contributed by atoms with Gasteiger partial charge in [-0.1, -0.05) is 0 Å². The standard InChI is InChI=1S/C17H29N3O4/c1-17(2,8-7-14(21)22)18-15(23)13-6-5-11-20(12-13)16(24)19-9-3-4-10-19/h13H,3-12H2,1-2H3,(H,18,23)(H,21,22). The fourth-order valence-electron chi connectivity index (χ4n) is 3.39. The van der Waals surface area contributed by atoms with Crippen molar-refractivity contribution in [2.75, 3.05) is 26.2 Å². The van der Waals surface area contributed by atoms with Gasteiger partial charge in [0.25, 0.3) is 0 Å². The summed E-state index contributed by atoms with van der Waals surface area (Å²) in [5, 5.41) is 11.8. The maximum atomic E-state index is 12.5. The van der Waals surface area contributed by atoms with Gasteiger partial charge in [-0.25, -0.2) is 4.79 Å². The quantitative estimate of drug-likeness (QED) is 0.797. The molecule has 0 radical (unpaired) electrons. The summed E-state index contributed by atoms with van der Waals surface area (Å²) in [5.74, 6) is -1.16. The molecule has 0 aromatic carbocycles. The molecule has 1 atom stereocenters. The number of carboxylic acids is 1. The molecule has 7 nitrogen and oxygen atoms in total. The van der Waals surface area contributed by atoms with Gasteiger partial charge in [-0.15, -0.1) is 0 Å². The SMILES string of the molecule is CC(C)(CCC(=O)O)NC(=O)C1CCCN(C(=O)N2CCCC2)C1. The van der Waals surface area contributed by atoms with E-state index < -0.39 is 11.5 Å². The van der Waals surface area contributed by atoms with E-state index in [1.807, 2.05) is 18.7 Å². The third-order valence-electron chi connectivity index (χ3n) is 4.86. The highest BCUT2D eigenvalue weighted by Gasteiger charge is 2.33. The van der Waals surface area contributed by atoms with Crippen molar-refractivity contribution in [1.29, 1.82) is 0 Å². The minimum atomic E-state index is -0.864. The van der Waals surface area contributed by atoms with E-state index in [-0.39, 0.29) is 24.3 Å². The Morgan fingerprint density at radius 2 is 1.71 bits per heavy atom. The molecule has 1 unspecified atom stereocenters. The van der Waals surface area contributed by atoms with Crippen LogP contribution >= 0.6 is 0 Å². The van der Waals surface area contributed by atoms with E-state index in [1.54, 1.807) is 4.90 Å². The summed E-state index contributed by atoms with van der Waals surface area (Å²) >= 11 is 0. The number of hydrogen-bond acceptors (Lipinski definition) is 3. The van der Waals surface area contributed by atoms with Gasteiger partial charge in [-0.2, -0.15) is 0 Å². The zero-order valence-corrected chi connectivity index (χ0v) is 14.7. The number of nitrogens with zero attached hydrogens (tertiary/aromatic N) is 2. The molecule has 2 heterocycles. The Morgan fingerprint density at radius 1 is 1.08 bits per heavy atom. The number of nitrogens with one attached hydrogen (secondary N) is 1. The average molecular weight is 339 g/mol. The summed E-state index contributed by atoms with van der Waals surface area (Å²) in [6.07, 6.45) is 4.12. The van der Waals surface area contributed by atoms with Crippen molar-refractivity contribution >= 4 is 17.9 Å². The van der Waals surface area contributed by atoms with Gasteiger partial charge < -0.3 is 20.2 Å². The Bertz CT molecular complexity index is 486. The predicted octanol–water partition coefficient (Wildman–Crippen LogP) is 1.67. The molecule has 0 spiro atoms. The third kappa shape index (κ3) is 5.11. The molecule has 7 heteroatoms. The summed E-state index contributed by atoms with van der Waals surface area (Å²) in [7, 11) is 0. The lowest BCUT2D eigenvalue weighted by Gasteiger charge is -2.36. The maximum Gasteiger partial charge on any atom is 0.320 e. The molecule has 136 valence electrons. The molecule has 0 aromatic heterocycles. The molecular formula is C17H29N3O4. The van der Waals surface area contributed by atoms with Crippen LogP contribution in [0, 0.1) is 5.92 Å². The lowest BCUT2D eigenvalue weighted by molar-refractivity contribution is -0.138. The molecule has 2 rings (SSSR count). The second-order valence-electron chi connectivity index (χ2n) is 7.53. The summed E-state index contributed by atoms with van der Waals surface area (Å²) in [4.78, 5) is 39.4. The maximum absolute atomic E-state index is 12.5. The smallest absolute Gasteiger partial charge is 0.320 e. The van der Waals surface area contributed by atoms with E-state index in [1.165, 1.54) is 0 Å². The number of likely N-dealkylation sites (tertiary alicyclic amines) is 2. The number of carbonyl (C=O) groups excluding carboxylic acids is 2. The first-order chi connectivity index (χ1) is 11.3. The van der Waals surface area contributed by atoms with Crippen molar-refractivity contribution in [3.8, 4) is 0 Å². The number of aliphatic carboxylic acids is 1. The van der Waals surface area contributed by atoms with Crippen LogP contribution in [0.5, 0.6) is 0 Å². The van der Waals surface area contributed by atoms with E-state index in [0.29, 0.717) is 19.5 Å². The van der Waals surface area contributed by atoms with Gasteiger partial charge in [0.15, 0.2) is 0 Å². The Morgan fingerprint density at radius 3 is 2.33 bits per heavy atom. The largest absolute Gasteiger partial charge is 0.481 e. The van der Waals surface area contributed by atoms with E-state index in [0.717, 1.165) is 38.8 Å². The first-order valence-corrected chi connectivity index (χ1v) is 8.86. The van der Waals surface area contributed by atoms with Gasteiger partial charge in [0, 0.05) is 38.1 Å². The van der Waals surface area contributed by atoms with Crippen molar-refractivity contribution in [2.45, 2.75) is 57.9 Å². The molecule has 24 heavy (non-hydrogen) atoms. The highest BCUT2D eigenvalue weighted by Crippen LogP contribution is 2.21. The summed E-state index contributed by atoms with van der Waals surface area (Å²) in [6.45, 7) is 6.47. The van der Waals surface area contributed by atoms with Crippen LogP contribution in [-0.4, -0.2) is 64.5 Å². The lowest BCUT2D eigenvalue weighted by Crippen LogP contribution is -2.52. The Kier molecular flexibility index (Phi) is 6.07. The van der Waals surface area contributed by atoms with Crippen molar-refractivity contribution in [3.63, 3.8) is 0 Å². The van der Waals surface area contributed by atoms with Gasteiger partial charge in [-0.05, 0) is 46.0 Å². The number of urea groups is 1. The van der Waals surface area contributed by atoms with Crippen LogP contribution in [0.15, 0.2) is 0 Å². The predicted molar refractivity (Wildman–Crippen MR) is 89.6 cm³/mol. The number of carbonyl (C=O) groups is 3. The van der Waals surface area contributed by atoms with Crippen LogP contribution in [0.3, 0.4) is 0 Å². The van der Waals surface area contributed by atoms with Crippen LogP contribution in [-0.2, 0) is 9.59 Å². The molecule has 0 saturated carbocycles. The minimum Gasteiger partial charge on any atom is -0.481 e. The van der Waals surface area contributed by atoms with Gasteiger partial charge in [0.1, 0.15) is 0 Å². The monoisotopic (exact) mass is 339 g/mol. The van der Waals surface area contributed by atoms with Gasteiger partial charge >= 0.3 is 12.0 Å². The van der Waals surface area contributed by atoms with Gasteiger partial charge in [0.05, 0.1) is 5.92 Å². The van der Waals surface area contributed by atoms with E-state index in [9.17, 15) is 14.4 Å². The number of amides is 3. The van der Waals surface area contributed by atoms with E-state index >= 15 is 0 Å². The molecule has 3 amide bonds. The molecule has 2 N–H and O–H groups in total. The lowest BCUT2D eigenvalue weighted by atomic mass is 9.93. The van der Waals surface area contributed by atoms with Crippen molar-refractivity contribution in [2.24, 2.45) is 5.92 Å².